The number of carbonyl (C=O) groups is 2. The third-order valence-electron chi connectivity index (χ3n) is 3.84. The predicted molar refractivity (Wildman–Crippen MR) is 99.7 cm³/mol. The second kappa shape index (κ2) is 7.49. The number of nitrogens with one attached hydrogen (secondary N) is 1. The van der Waals surface area contributed by atoms with Crippen LogP contribution in [0.5, 0.6) is 0 Å². The standard InChI is InChI=1S/C18H17N3O4S/c1-3-11-8-13-16(26-11)19-10-21(17(13)23)9-15(22)20-14-7-5-4-6-12(14)18(24)25-2/h4-8,10H,3,9H2,1-2H3,(H,20,22). The van der Waals surface area contributed by atoms with E-state index >= 15 is 0 Å². The third-order valence-corrected chi connectivity index (χ3v) is 5.03. The van der Waals surface area contributed by atoms with E-state index in [1.807, 2.05) is 13.0 Å². The highest BCUT2D eigenvalue weighted by Crippen LogP contribution is 2.21. The molecule has 134 valence electrons. The van der Waals surface area contributed by atoms with Crippen molar-refractivity contribution in [3.05, 3.63) is 57.5 Å². The van der Waals surface area contributed by atoms with Gasteiger partial charge in [0.2, 0.25) is 5.91 Å². The highest BCUT2D eigenvalue weighted by atomic mass is 32.1. The van der Waals surface area contributed by atoms with Gasteiger partial charge >= 0.3 is 5.97 Å². The van der Waals surface area contributed by atoms with Crippen LogP contribution in [0.3, 0.4) is 0 Å². The molecule has 0 spiro atoms. The SMILES string of the molecule is CCc1cc2c(=O)n(CC(=O)Nc3ccccc3C(=O)OC)cnc2s1. The zero-order valence-electron chi connectivity index (χ0n) is 14.3. The summed E-state index contributed by atoms with van der Waals surface area (Å²) in [5.41, 5.74) is 0.312. The molecule has 2 heterocycles. The van der Waals surface area contributed by atoms with E-state index in [0.717, 1.165) is 11.3 Å². The molecule has 1 N–H and O–H groups in total. The summed E-state index contributed by atoms with van der Waals surface area (Å²) in [6.45, 7) is 1.81. The Labute approximate surface area is 153 Å². The molecule has 1 aromatic carbocycles. The smallest absolute Gasteiger partial charge is 0.339 e. The maximum atomic E-state index is 12.5. The Balaban J connectivity index is 1.83. The first-order valence-corrected chi connectivity index (χ1v) is 8.80. The van der Waals surface area contributed by atoms with Crippen LogP contribution in [0.4, 0.5) is 5.69 Å². The number of esters is 1. The number of nitrogens with zero attached hydrogens (tertiary/aromatic N) is 2. The van der Waals surface area contributed by atoms with E-state index < -0.39 is 11.9 Å². The number of ether oxygens (including phenoxy) is 1. The molecule has 0 saturated heterocycles. The summed E-state index contributed by atoms with van der Waals surface area (Å²) in [5, 5.41) is 3.15. The predicted octanol–water partition coefficient (Wildman–Crippen LogP) is 2.45. The van der Waals surface area contributed by atoms with Crippen LogP contribution in [0.25, 0.3) is 10.2 Å². The average Bonchev–Trinajstić information content (AvgIpc) is 3.08. The second-order valence-corrected chi connectivity index (χ2v) is 6.66. The Bertz CT molecular complexity index is 1040. The van der Waals surface area contributed by atoms with Crippen molar-refractivity contribution in [1.82, 2.24) is 9.55 Å². The van der Waals surface area contributed by atoms with Crippen LogP contribution in [0.15, 0.2) is 41.5 Å². The molecule has 3 rings (SSSR count). The first-order valence-electron chi connectivity index (χ1n) is 7.98. The fourth-order valence-electron chi connectivity index (χ4n) is 2.52. The molecule has 0 saturated carbocycles. The van der Waals surface area contributed by atoms with E-state index in [9.17, 15) is 14.4 Å². The highest BCUT2D eigenvalue weighted by Gasteiger charge is 2.15. The van der Waals surface area contributed by atoms with Crippen molar-refractivity contribution in [2.24, 2.45) is 0 Å². The minimum Gasteiger partial charge on any atom is -0.465 e. The number of anilines is 1. The number of aryl methyl sites for hydroxylation is 1. The Morgan fingerprint density at radius 3 is 2.81 bits per heavy atom. The molecule has 0 radical (unpaired) electrons. The van der Waals surface area contributed by atoms with Gasteiger partial charge in [-0.2, -0.15) is 0 Å². The Morgan fingerprint density at radius 2 is 2.08 bits per heavy atom. The van der Waals surface area contributed by atoms with Crippen LogP contribution in [0.2, 0.25) is 0 Å². The topological polar surface area (TPSA) is 90.3 Å². The number of thiophene rings is 1. The lowest BCUT2D eigenvalue weighted by molar-refractivity contribution is -0.116. The number of benzene rings is 1. The lowest BCUT2D eigenvalue weighted by atomic mass is 10.2. The molecular weight excluding hydrogens is 354 g/mol. The summed E-state index contributed by atoms with van der Waals surface area (Å²) in [6.07, 6.45) is 2.19. The molecule has 0 fully saturated rings. The second-order valence-electron chi connectivity index (χ2n) is 5.55. The van der Waals surface area contributed by atoms with Gasteiger partial charge in [-0.1, -0.05) is 19.1 Å². The molecule has 8 heteroatoms. The molecule has 0 unspecified atom stereocenters. The van der Waals surface area contributed by atoms with Gasteiger partial charge < -0.3 is 10.1 Å². The normalized spacial score (nSPS) is 10.7. The molecule has 2 aromatic heterocycles. The molecule has 7 nitrogen and oxygen atoms in total. The van der Waals surface area contributed by atoms with Crippen LogP contribution >= 0.6 is 11.3 Å². The van der Waals surface area contributed by atoms with Crippen molar-refractivity contribution in [3.63, 3.8) is 0 Å². The van der Waals surface area contributed by atoms with E-state index in [1.165, 1.54) is 29.3 Å². The fourth-order valence-corrected chi connectivity index (χ4v) is 3.45. The minimum absolute atomic E-state index is 0.200. The lowest BCUT2D eigenvalue weighted by Crippen LogP contribution is -2.28. The number of rotatable bonds is 5. The molecule has 0 aliphatic heterocycles. The van der Waals surface area contributed by atoms with Gasteiger partial charge in [0.25, 0.3) is 5.56 Å². The van der Waals surface area contributed by atoms with E-state index in [1.54, 1.807) is 24.3 Å². The molecule has 0 aliphatic carbocycles. The highest BCUT2D eigenvalue weighted by molar-refractivity contribution is 7.18. The van der Waals surface area contributed by atoms with Gasteiger partial charge in [-0.25, -0.2) is 9.78 Å². The van der Waals surface area contributed by atoms with Crippen molar-refractivity contribution < 1.29 is 14.3 Å². The lowest BCUT2D eigenvalue weighted by Gasteiger charge is -2.10. The number of fused-ring (bicyclic) bond motifs is 1. The maximum Gasteiger partial charge on any atom is 0.339 e. The number of carbonyl (C=O) groups excluding carboxylic acids is 2. The van der Waals surface area contributed by atoms with Crippen molar-refractivity contribution in [2.75, 3.05) is 12.4 Å². The number of hydrogen-bond donors (Lipinski definition) is 1. The molecule has 3 aromatic rings. The number of hydrogen-bond acceptors (Lipinski definition) is 6. The van der Waals surface area contributed by atoms with Crippen LogP contribution in [-0.4, -0.2) is 28.5 Å². The van der Waals surface area contributed by atoms with Gasteiger partial charge in [0.05, 0.1) is 30.1 Å². The van der Waals surface area contributed by atoms with Crippen molar-refractivity contribution in [1.29, 1.82) is 0 Å². The van der Waals surface area contributed by atoms with Crippen LogP contribution < -0.4 is 10.9 Å². The van der Waals surface area contributed by atoms with Crippen molar-refractivity contribution in [2.45, 2.75) is 19.9 Å². The quantitative estimate of drug-likeness (QED) is 0.696. The summed E-state index contributed by atoms with van der Waals surface area (Å²) in [6, 6.07) is 8.33. The van der Waals surface area contributed by atoms with Gasteiger partial charge in [-0.05, 0) is 24.6 Å². The van der Waals surface area contributed by atoms with Gasteiger partial charge in [-0.3, -0.25) is 14.2 Å². The summed E-state index contributed by atoms with van der Waals surface area (Å²) < 4.78 is 5.96. The largest absolute Gasteiger partial charge is 0.465 e. The number of aromatic nitrogens is 2. The number of para-hydroxylation sites is 1. The summed E-state index contributed by atoms with van der Waals surface area (Å²) in [4.78, 5) is 42.6. The van der Waals surface area contributed by atoms with Gasteiger partial charge in [0.15, 0.2) is 0 Å². The Hall–Kier alpha value is -3.00. The zero-order valence-corrected chi connectivity index (χ0v) is 15.1. The number of methoxy groups -OCH3 is 1. The summed E-state index contributed by atoms with van der Waals surface area (Å²) >= 11 is 1.47. The molecule has 0 bridgehead atoms. The third kappa shape index (κ3) is 3.50. The first kappa shape index (κ1) is 17.8. The zero-order chi connectivity index (χ0) is 18.7. The maximum absolute atomic E-state index is 12.5. The Morgan fingerprint density at radius 1 is 1.31 bits per heavy atom. The van der Waals surface area contributed by atoms with Crippen LogP contribution in [0, 0.1) is 0 Å². The molecule has 26 heavy (non-hydrogen) atoms. The molecule has 0 atom stereocenters. The summed E-state index contributed by atoms with van der Waals surface area (Å²) in [5.74, 6) is -0.984. The molecular formula is C18H17N3O4S. The van der Waals surface area contributed by atoms with E-state index in [0.29, 0.717) is 15.9 Å². The number of amides is 1. The average molecular weight is 371 g/mol. The fraction of sp³-hybridized carbons (Fsp3) is 0.222. The molecule has 1 amide bonds. The molecule has 0 aliphatic rings. The van der Waals surface area contributed by atoms with Gasteiger partial charge in [0, 0.05) is 4.88 Å². The monoisotopic (exact) mass is 371 g/mol. The van der Waals surface area contributed by atoms with Gasteiger partial charge in [-0.15, -0.1) is 11.3 Å². The van der Waals surface area contributed by atoms with E-state index in [4.69, 9.17) is 4.74 Å². The van der Waals surface area contributed by atoms with Gasteiger partial charge in [0.1, 0.15) is 11.4 Å². The summed E-state index contributed by atoms with van der Waals surface area (Å²) in [7, 11) is 1.27. The minimum atomic E-state index is -0.550. The van der Waals surface area contributed by atoms with E-state index in [-0.39, 0.29) is 17.7 Å². The first-order chi connectivity index (χ1) is 12.5. The van der Waals surface area contributed by atoms with Crippen LogP contribution in [-0.2, 0) is 22.5 Å². The van der Waals surface area contributed by atoms with Crippen molar-refractivity contribution in [3.8, 4) is 0 Å². The Kier molecular flexibility index (Phi) is 5.13. The van der Waals surface area contributed by atoms with Crippen molar-refractivity contribution >= 4 is 39.1 Å². The van der Waals surface area contributed by atoms with E-state index in [2.05, 4.69) is 10.3 Å². The van der Waals surface area contributed by atoms with Crippen LogP contribution in [0.1, 0.15) is 22.2 Å².